The third-order valence-corrected chi connectivity index (χ3v) is 5.04. The van der Waals surface area contributed by atoms with Gasteiger partial charge in [-0.25, -0.2) is 0 Å². The van der Waals surface area contributed by atoms with Crippen LogP contribution in [0.25, 0.3) is 16.6 Å². The van der Waals surface area contributed by atoms with Gasteiger partial charge in [0.05, 0.1) is 17.7 Å². The number of carbonyl (C=O) groups is 1. The number of nitrogens with zero attached hydrogens (tertiary/aromatic N) is 1. The van der Waals surface area contributed by atoms with Gasteiger partial charge >= 0.3 is 0 Å². The monoisotopic (exact) mass is 369 g/mol. The van der Waals surface area contributed by atoms with Crippen molar-refractivity contribution in [3.63, 3.8) is 0 Å². The van der Waals surface area contributed by atoms with Gasteiger partial charge in [0, 0.05) is 22.3 Å². The molecule has 3 heteroatoms. The van der Waals surface area contributed by atoms with Crippen molar-refractivity contribution in [2.24, 2.45) is 0 Å². The minimum Gasteiger partial charge on any atom is -0.494 e. The van der Waals surface area contributed by atoms with Crippen molar-refractivity contribution in [2.75, 3.05) is 6.61 Å². The van der Waals surface area contributed by atoms with Gasteiger partial charge in [-0.1, -0.05) is 48.0 Å². The number of hydrogen-bond donors (Lipinski definition) is 0. The zero-order valence-electron chi connectivity index (χ0n) is 16.4. The maximum absolute atomic E-state index is 13.4. The van der Waals surface area contributed by atoms with Crippen molar-refractivity contribution in [1.82, 2.24) is 4.57 Å². The molecule has 0 aliphatic rings. The molecule has 0 saturated carbocycles. The molecular weight excluding hydrogens is 346 g/mol. The Morgan fingerprint density at radius 1 is 0.929 bits per heavy atom. The first-order valence-electron chi connectivity index (χ1n) is 9.54. The van der Waals surface area contributed by atoms with E-state index in [1.54, 1.807) is 0 Å². The molecule has 4 rings (SSSR count). The van der Waals surface area contributed by atoms with E-state index in [0.717, 1.165) is 33.6 Å². The molecule has 0 aliphatic carbocycles. The van der Waals surface area contributed by atoms with E-state index >= 15 is 0 Å². The molecule has 3 aromatic carbocycles. The highest BCUT2D eigenvalue weighted by atomic mass is 16.5. The van der Waals surface area contributed by atoms with Crippen molar-refractivity contribution in [3.8, 4) is 11.4 Å². The summed E-state index contributed by atoms with van der Waals surface area (Å²) in [6, 6.07) is 23.8. The molecule has 0 aliphatic heterocycles. The first-order chi connectivity index (χ1) is 13.6. The van der Waals surface area contributed by atoms with Gasteiger partial charge in [-0.05, 0) is 51.1 Å². The summed E-state index contributed by atoms with van der Waals surface area (Å²) in [7, 11) is 0. The summed E-state index contributed by atoms with van der Waals surface area (Å²) in [6.45, 7) is 6.63. The van der Waals surface area contributed by atoms with Gasteiger partial charge in [0.2, 0.25) is 0 Å². The van der Waals surface area contributed by atoms with Gasteiger partial charge in [0.15, 0.2) is 5.78 Å². The Kier molecular flexibility index (Phi) is 4.74. The molecule has 1 heterocycles. The van der Waals surface area contributed by atoms with Crippen LogP contribution in [-0.4, -0.2) is 17.0 Å². The van der Waals surface area contributed by atoms with Gasteiger partial charge in [0.25, 0.3) is 0 Å². The first-order valence-corrected chi connectivity index (χ1v) is 9.54. The first kappa shape index (κ1) is 18.1. The van der Waals surface area contributed by atoms with Gasteiger partial charge in [-0.15, -0.1) is 0 Å². The van der Waals surface area contributed by atoms with Crippen molar-refractivity contribution in [3.05, 3.63) is 95.2 Å². The number of hydrogen-bond acceptors (Lipinski definition) is 2. The van der Waals surface area contributed by atoms with Crippen LogP contribution in [0.4, 0.5) is 0 Å². The zero-order valence-corrected chi connectivity index (χ0v) is 16.4. The predicted octanol–water partition coefficient (Wildman–Crippen LogP) is 5.88. The minimum atomic E-state index is 0.0302. The second-order valence-corrected chi connectivity index (χ2v) is 6.94. The highest BCUT2D eigenvalue weighted by Crippen LogP contribution is 2.33. The Labute approximate surface area is 165 Å². The van der Waals surface area contributed by atoms with Crippen molar-refractivity contribution >= 4 is 16.7 Å². The van der Waals surface area contributed by atoms with Crippen LogP contribution in [0.5, 0.6) is 5.75 Å². The van der Waals surface area contributed by atoms with Crippen LogP contribution < -0.4 is 4.74 Å². The molecule has 0 radical (unpaired) electrons. The Balaban J connectivity index is 1.99. The molecule has 4 aromatic rings. The second kappa shape index (κ2) is 7.35. The lowest BCUT2D eigenvalue weighted by Crippen LogP contribution is -2.04. The maximum atomic E-state index is 13.4. The molecule has 0 unspecified atom stereocenters. The van der Waals surface area contributed by atoms with Crippen molar-refractivity contribution in [1.29, 1.82) is 0 Å². The number of ketones is 1. The highest BCUT2D eigenvalue weighted by molar-refractivity contribution is 6.18. The van der Waals surface area contributed by atoms with E-state index in [1.165, 1.54) is 5.56 Å². The molecular formula is C25H23NO2. The topological polar surface area (TPSA) is 31.2 Å². The second-order valence-electron chi connectivity index (χ2n) is 6.94. The van der Waals surface area contributed by atoms with Gasteiger partial charge in [0.1, 0.15) is 5.75 Å². The van der Waals surface area contributed by atoms with E-state index in [9.17, 15) is 4.79 Å². The number of rotatable bonds is 5. The van der Waals surface area contributed by atoms with E-state index in [-0.39, 0.29) is 5.78 Å². The predicted molar refractivity (Wildman–Crippen MR) is 114 cm³/mol. The maximum Gasteiger partial charge on any atom is 0.195 e. The lowest BCUT2D eigenvalue weighted by Gasteiger charge is -2.09. The van der Waals surface area contributed by atoms with Gasteiger partial charge in [-0.2, -0.15) is 0 Å². The van der Waals surface area contributed by atoms with E-state index in [4.69, 9.17) is 4.74 Å². The quantitative estimate of drug-likeness (QED) is 0.412. The fraction of sp³-hybridized carbons (Fsp3) is 0.160. The lowest BCUT2D eigenvalue weighted by molar-refractivity contribution is 0.103. The Bertz CT molecular complexity index is 1140. The molecule has 28 heavy (non-hydrogen) atoms. The Hall–Kier alpha value is -3.33. The van der Waals surface area contributed by atoms with Crippen molar-refractivity contribution < 1.29 is 9.53 Å². The smallest absolute Gasteiger partial charge is 0.195 e. The van der Waals surface area contributed by atoms with Crippen LogP contribution in [0.1, 0.15) is 34.1 Å². The van der Waals surface area contributed by atoms with Crippen molar-refractivity contribution in [2.45, 2.75) is 20.8 Å². The average Bonchev–Trinajstić information content (AvgIpc) is 3.00. The number of aryl methyl sites for hydroxylation is 1. The molecule has 0 amide bonds. The molecule has 0 bridgehead atoms. The largest absolute Gasteiger partial charge is 0.494 e. The van der Waals surface area contributed by atoms with Crippen LogP contribution in [-0.2, 0) is 0 Å². The molecule has 0 atom stereocenters. The molecule has 1 aromatic heterocycles. The standard InChI is InChI=1S/C25H23NO2/c1-4-28-21-14-15-23-22(16-21)24(25(27)19-8-6-5-7-9-19)18(3)26(23)20-12-10-17(2)11-13-20/h5-16H,4H2,1-3H3. The summed E-state index contributed by atoms with van der Waals surface area (Å²) >= 11 is 0. The third kappa shape index (κ3) is 3.09. The SMILES string of the molecule is CCOc1ccc2c(c1)c(C(=O)c1ccccc1)c(C)n2-c1ccc(C)cc1. The van der Waals surface area contributed by atoms with Crippen LogP contribution in [0.3, 0.4) is 0 Å². The number of fused-ring (bicyclic) bond motifs is 1. The number of aromatic nitrogens is 1. The summed E-state index contributed by atoms with van der Waals surface area (Å²) in [5.74, 6) is 0.806. The number of carbonyl (C=O) groups excluding carboxylic acids is 1. The normalized spacial score (nSPS) is 11.0. The average molecular weight is 369 g/mol. The fourth-order valence-corrected chi connectivity index (χ4v) is 3.70. The molecule has 0 fully saturated rings. The number of ether oxygens (including phenoxy) is 1. The third-order valence-electron chi connectivity index (χ3n) is 5.04. The van der Waals surface area contributed by atoms with Crippen LogP contribution in [0.2, 0.25) is 0 Å². The summed E-state index contributed by atoms with van der Waals surface area (Å²) in [5.41, 5.74) is 5.60. The minimum absolute atomic E-state index is 0.0302. The zero-order chi connectivity index (χ0) is 19.7. The summed E-state index contributed by atoms with van der Waals surface area (Å²) in [4.78, 5) is 13.4. The number of benzene rings is 3. The molecule has 0 saturated heterocycles. The summed E-state index contributed by atoms with van der Waals surface area (Å²) in [6.07, 6.45) is 0. The molecule has 0 spiro atoms. The van der Waals surface area contributed by atoms with Gasteiger partial charge in [-0.3, -0.25) is 4.79 Å². The van der Waals surface area contributed by atoms with E-state index < -0.39 is 0 Å². The van der Waals surface area contributed by atoms with E-state index in [0.29, 0.717) is 12.2 Å². The van der Waals surface area contributed by atoms with Crippen LogP contribution in [0, 0.1) is 13.8 Å². The molecule has 0 N–H and O–H groups in total. The highest BCUT2D eigenvalue weighted by Gasteiger charge is 2.22. The molecule has 3 nitrogen and oxygen atoms in total. The van der Waals surface area contributed by atoms with Gasteiger partial charge < -0.3 is 9.30 Å². The fourth-order valence-electron chi connectivity index (χ4n) is 3.70. The van der Waals surface area contributed by atoms with E-state index in [2.05, 4.69) is 35.8 Å². The Morgan fingerprint density at radius 3 is 2.32 bits per heavy atom. The Morgan fingerprint density at radius 2 is 1.64 bits per heavy atom. The van der Waals surface area contributed by atoms with Crippen LogP contribution in [0.15, 0.2) is 72.8 Å². The van der Waals surface area contributed by atoms with Crippen LogP contribution >= 0.6 is 0 Å². The summed E-state index contributed by atoms with van der Waals surface area (Å²) in [5, 5.41) is 0.915. The summed E-state index contributed by atoms with van der Waals surface area (Å²) < 4.78 is 7.86. The lowest BCUT2D eigenvalue weighted by atomic mass is 10.0. The van der Waals surface area contributed by atoms with E-state index in [1.807, 2.05) is 62.4 Å². The molecule has 140 valence electrons.